The average molecular weight is 516 g/mol. The maximum atomic E-state index is 12.9. The van der Waals surface area contributed by atoms with E-state index in [-0.39, 0.29) is 18.3 Å². The topological polar surface area (TPSA) is 86.3 Å². The summed E-state index contributed by atoms with van der Waals surface area (Å²) in [5, 5.41) is 18.8. The number of ether oxygens (including phenoxy) is 2. The Morgan fingerprint density at radius 3 is 2.50 bits per heavy atom. The molecule has 0 aromatic heterocycles. The van der Waals surface area contributed by atoms with Crippen molar-refractivity contribution in [2.45, 2.75) is 32.3 Å². The van der Waals surface area contributed by atoms with E-state index in [1.807, 2.05) is 12.1 Å². The Kier molecular flexibility index (Phi) is 8.89. The van der Waals surface area contributed by atoms with Crippen LogP contribution in [0.2, 0.25) is 0 Å². The van der Waals surface area contributed by atoms with Gasteiger partial charge in [-0.1, -0.05) is 30.3 Å². The van der Waals surface area contributed by atoms with Crippen molar-refractivity contribution in [3.8, 4) is 34.8 Å². The number of alkyl halides is 2. The number of amides is 1. The first-order chi connectivity index (χ1) is 18.5. The molecule has 3 aromatic carbocycles. The molecule has 8 heteroatoms. The zero-order valence-electron chi connectivity index (χ0n) is 20.8. The molecule has 1 fully saturated rings. The van der Waals surface area contributed by atoms with Gasteiger partial charge in [0.1, 0.15) is 11.5 Å². The lowest BCUT2D eigenvalue weighted by Crippen LogP contribution is -2.41. The number of aryl methyl sites for hydroxylation is 1. The minimum absolute atomic E-state index is 0.121. The van der Waals surface area contributed by atoms with E-state index in [4.69, 9.17) is 4.74 Å². The fraction of sp³-hybridized carbons (Fsp3) is 0.300. The van der Waals surface area contributed by atoms with E-state index in [2.05, 4.69) is 16.9 Å². The SMILES string of the molecule is N#Cc1ccc(OCC(=O)N2CCC(CCc3cccc(OC(F)F)c3)CC2)c(-c2ccccc2C#N)c1. The Bertz CT molecular complexity index is 1360. The van der Waals surface area contributed by atoms with Crippen LogP contribution in [0.25, 0.3) is 11.1 Å². The molecule has 1 heterocycles. The summed E-state index contributed by atoms with van der Waals surface area (Å²) in [6, 6.07) is 23.0. The van der Waals surface area contributed by atoms with Gasteiger partial charge in [-0.3, -0.25) is 4.79 Å². The lowest BCUT2D eigenvalue weighted by Gasteiger charge is -2.32. The average Bonchev–Trinajstić information content (AvgIpc) is 2.95. The summed E-state index contributed by atoms with van der Waals surface area (Å²) in [4.78, 5) is 14.7. The number of likely N-dealkylation sites (tertiary alicyclic amines) is 1. The molecule has 0 spiro atoms. The van der Waals surface area contributed by atoms with Crippen molar-refractivity contribution in [2.75, 3.05) is 19.7 Å². The third-order valence-corrected chi connectivity index (χ3v) is 6.73. The molecule has 1 saturated heterocycles. The third kappa shape index (κ3) is 6.86. The van der Waals surface area contributed by atoms with Gasteiger partial charge >= 0.3 is 6.61 Å². The highest BCUT2D eigenvalue weighted by atomic mass is 19.3. The summed E-state index contributed by atoms with van der Waals surface area (Å²) in [7, 11) is 0. The van der Waals surface area contributed by atoms with Gasteiger partial charge in [0.05, 0.1) is 23.3 Å². The van der Waals surface area contributed by atoms with Gasteiger partial charge in [0, 0.05) is 24.2 Å². The zero-order chi connectivity index (χ0) is 26.9. The van der Waals surface area contributed by atoms with Gasteiger partial charge in [-0.2, -0.15) is 19.3 Å². The zero-order valence-corrected chi connectivity index (χ0v) is 20.8. The maximum absolute atomic E-state index is 12.9. The molecule has 0 aliphatic carbocycles. The summed E-state index contributed by atoms with van der Waals surface area (Å²) >= 11 is 0. The highest BCUT2D eigenvalue weighted by molar-refractivity contribution is 5.80. The van der Waals surface area contributed by atoms with Crippen LogP contribution in [-0.2, 0) is 11.2 Å². The van der Waals surface area contributed by atoms with Gasteiger partial charge in [-0.25, -0.2) is 0 Å². The fourth-order valence-electron chi connectivity index (χ4n) is 4.70. The number of carbonyl (C=O) groups excluding carboxylic acids is 1. The first-order valence-electron chi connectivity index (χ1n) is 12.4. The number of nitrogens with zero attached hydrogens (tertiary/aromatic N) is 3. The Balaban J connectivity index is 1.31. The molecule has 0 unspecified atom stereocenters. The van der Waals surface area contributed by atoms with Crippen LogP contribution in [0.1, 0.15) is 36.0 Å². The lowest BCUT2D eigenvalue weighted by atomic mass is 9.90. The molecule has 1 amide bonds. The molecule has 1 aliphatic heterocycles. The van der Waals surface area contributed by atoms with E-state index >= 15 is 0 Å². The Morgan fingerprint density at radius 1 is 0.974 bits per heavy atom. The van der Waals surface area contributed by atoms with Crippen LogP contribution in [-0.4, -0.2) is 37.1 Å². The summed E-state index contributed by atoms with van der Waals surface area (Å²) in [6.45, 7) is -1.74. The maximum Gasteiger partial charge on any atom is 0.387 e. The molecule has 0 atom stereocenters. The van der Waals surface area contributed by atoms with E-state index in [1.165, 1.54) is 6.07 Å². The molecule has 4 rings (SSSR count). The highest BCUT2D eigenvalue weighted by Gasteiger charge is 2.23. The van der Waals surface area contributed by atoms with Crippen LogP contribution < -0.4 is 9.47 Å². The number of hydrogen-bond acceptors (Lipinski definition) is 5. The fourth-order valence-corrected chi connectivity index (χ4v) is 4.70. The van der Waals surface area contributed by atoms with Crippen molar-refractivity contribution in [2.24, 2.45) is 5.92 Å². The molecule has 38 heavy (non-hydrogen) atoms. The smallest absolute Gasteiger partial charge is 0.387 e. The first-order valence-corrected chi connectivity index (χ1v) is 12.4. The number of carbonyl (C=O) groups is 1. The molecule has 3 aromatic rings. The summed E-state index contributed by atoms with van der Waals surface area (Å²) in [6.07, 6.45) is 3.38. The van der Waals surface area contributed by atoms with E-state index in [0.717, 1.165) is 31.2 Å². The largest absolute Gasteiger partial charge is 0.483 e. The Morgan fingerprint density at radius 2 is 1.76 bits per heavy atom. The van der Waals surface area contributed by atoms with Gasteiger partial charge in [0.25, 0.3) is 5.91 Å². The molecule has 0 radical (unpaired) electrons. The van der Waals surface area contributed by atoms with Gasteiger partial charge < -0.3 is 14.4 Å². The van der Waals surface area contributed by atoms with Crippen LogP contribution in [0, 0.1) is 28.6 Å². The Labute approximate surface area is 220 Å². The molecule has 0 N–H and O–H groups in total. The van der Waals surface area contributed by atoms with Crippen LogP contribution in [0.15, 0.2) is 66.7 Å². The molecular weight excluding hydrogens is 488 g/mol. The van der Waals surface area contributed by atoms with Crippen molar-refractivity contribution < 1.29 is 23.0 Å². The van der Waals surface area contributed by atoms with Crippen LogP contribution >= 0.6 is 0 Å². The number of benzene rings is 3. The summed E-state index contributed by atoms with van der Waals surface area (Å²) in [5.41, 5.74) is 3.07. The summed E-state index contributed by atoms with van der Waals surface area (Å²) < 4.78 is 35.3. The first kappa shape index (κ1) is 26.6. The van der Waals surface area contributed by atoms with E-state index in [0.29, 0.717) is 47.0 Å². The lowest BCUT2D eigenvalue weighted by molar-refractivity contribution is -0.134. The molecule has 0 bridgehead atoms. The minimum Gasteiger partial charge on any atom is -0.483 e. The van der Waals surface area contributed by atoms with Crippen molar-refractivity contribution >= 4 is 5.91 Å². The van der Waals surface area contributed by atoms with Crippen molar-refractivity contribution in [1.82, 2.24) is 4.90 Å². The molecule has 6 nitrogen and oxygen atoms in total. The van der Waals surface area contributed by atoms with Crippen LogP contribution in [0.5, 0.6) is 11.5 Å². The van der Waals surface area contributed by atoms with Gasteiger partial charge in [0.15, 0.2) is 6.61 Å². The number of halogens is 2. The number of rotatable bonds is 9. The number of nitriles is 2. The standard InChI is InChI=1S/C30H27F2N3O3/c31-30(32)38-25-6-3-4-22(16-25)9-8-21-12-14-35(15-13-21)29(36)20-37-28-11-10-23(18-33)17-27(28)26-7-2-1-5-24(26)19-34/h1-7,10-11,16-17,21,30H,8-9,12-15,20H2. The molecule has 0 saturated carbocycles. The number of piperidine rings is 1. The van der Waals surface area contributed by atoms with Gasteiger partial charge in [0.2, 0.25) is 0 Å². The Hall–Kier alpha value is -4.43. The van der Waals surface area contributed by atoms with E-state index in [1.54, 1.807) is 53.4 Å². The van der Waals surface area contributed by atoms with Crippen LogP contribution in [0.3, 0.4) is 0 Å². The van der Waals surface area contributed by atoms with Crippen LogP contribution in [0.4, 0.5) is 8.78 Å². The predicted octanol–water partition coefficient (Wildman–Crippen LogP) is 5.95. The molecule has 1 aliphatic rings. The number of hydrogen-bond donors (Lipinski definition) is 0. The van der Waals surface area contributed by atoms with Crippen molar-refractivity contribution in [3.05, 3.63) is 83.4 Å². The quantitative estimate of drug-likeness (QED) is 0.352. The summed E-state index contributed by atoms with van der Waals surface area (Å²) in [5.74, 6) is 0.920. The van der Waals surface area contributed by atoms with Gasteiger partial charge in [-0.05, 0) is 73.6 Å². The second kappa shape index (κ2) is 12.7. The monoisotopic (exact) mass is 515 g/mol. The van der Waals surface area contributed by atoms with E-state index in [9.17, 15) is 24.1 Å². The normalized spacial score (nSPS) is 13.6. The highest BCUT2D eigenvalue weighted by Crippen LogP contribution is 2.33. The van der Waals surface area contributed by atoms with E-state index < -0.39 is 6.61 Å². The molecule has 194 valence electrons. The third-order valence-electron chi connectivity index (χ3n) is 6.73. The molecular formula is C30H27F2N3O3. The predicted molar refractivity (Wildman–Crippen MR) is 138 cm³/mol. The second-order valence-electron chi connectivity index (χ2n) is 9.16. The van der Waals surface area contributed by atoms with Gasteiger partial charge in [-0.15, -0.1) is 0 Å². The van der Waals surface area contributed by atoms with Crippen molar-refractivity contribution in [1.29, 1.82) is 10.5 Å². The minimum atomic E-state index is -2.84. The second-order valence-corrected chi connectivity index (χ2v) is 9.16. The van der Waals surface area contributed by atoms with Crippen molar-refractivity contribution in [3.63, 3.8) is 0 Å².